The Kier molecular flexibility index (Phi) is 2.54. The Morgan fingerprint density at radius 3 is 2.35 bits per heavy atom. The van der Waals surface area contributed by atoms with Gasteiger partial charge in [-0.3, -0.25) is 0 Å². The lowest BCUT2D eigenvalue weighted by Crippen LogP contribution is -2.21. The third-order valence-corrected chi connectivity index (χ3v) is 3.41. The number of hydrogen-bond donors (Lipinski definition) is 1. The van der Waals surface area contributed by atoms with Gasteiger partial charge in [-0.1, -0.05) is 66.7 Å². The zero-order chi connectivity index (χ0) is 11.7. The molecular formula is C16H15N. The minimum absolute atomic E-state index is 0.0543. The van der Waals surface area contributed by atoms with Crippen molar-refractivity contribution in [1.29, 1.82) is 0 Å². The quantitative estimate of drug-likeness (QED) is 0.783. The van der Waals surface area contributed by atoms with E-state index in [2.05, 4.69) is 60.7 Å². The van der Waals surface area contributed by atoms with Crippen LogP contribution in [0.2, 0.25) is 0 Å². The first-order chi connectivity index (χ1) is 8.36. The number of hydrogen-bond acceptors (Lipinski definition) is 1. The molecule has 1 aliphatic carbocycles. The number of nitrogens with two attached hydrogens (primary N) is 1. The smallest absolute Gasteiger partial charge is 0.0405 e. The van der Waals surface area contributed by atoms with Crippen LogP contribution in [0.15, 0.2) is 60.7 Å². The molecule has 0 fully saturated rings. The second kappa shape index (κ2) is 4.19. The van der Waals surface area contributed by atoms with Crippen LogP contribution in [0.1, 0.15) is 28.7 Å². The van der Waals surface area contributed by atoms with Crippen LogP contribution in [0.3, 0.4) is 0 Å². The van der Waals surface area contributed by atoms with E-state index < -0.39 is 0 Å². The molecule has 0 saturated carbocycles. The molecule has 2 aromatic carbocycles. The summed E-state index contributed by atoms with van der Waals surface area (Å²) in [6.45, 7) is 0. The standard InChI is InChI=1S/C16H15N/c17-16-14-9-5-4-8-13(14)10-11-15(16)12-6-2-1-3-7-12/h1-11,15-16H,17H2/t15-,16+/m1/s1. The van der Waals surface area contributed by atoms with E-state index in [0.717, 1.165) is 0 Å². The van der Waals surface area contributed by atoms with Crippen LogP contribution >= 0.6 is 0 Å². The minimum Gasteiger partial charge on any atom is -0.323 e. The normalized spacial score (nSPS) is 22.2. The van der Waals surface area contributed by atoms with E-state index in [4.69, 9.17) is 5.73 Å². The maximum Gasteiger partial charge on any atom is 0.0405 e. The monoisotopic (exact) mass is 221 g/mol. The van der Waals surface area contributed by atoms with Crippen molar-refractivity contribution in [2.45, 2.75) is 12.0 Å². The highest BCUT2D eigenvalue weighted by Gasteiger charge is 2.23. The molecule has 84 valence electrons. The average Bonchev–Trinajstić information content (AvgIpc) is 2.40. The third kappa shape index (κ3) is 1.79. The van der Waals surface area contributed by atoms with E-state index in [1.54, 1.807) is 0 Å². The summed E-state index contributed by atoms with van der Waals surface area (Å²) in [6.07, 6.45) is 4.39. The molecule has 1 aliphatic rings. The van der Waals surface area contributed by atoms with Gasteiger partial charge in [-0.2, -0.15) is 0 Å². The highest BCUT2D eigenvalue weighted by atomic mass is 14.7. The minimum atomic E-state index is 0.0543. The molecule has 1 heteroatoms. The zero-order valence-corrected chi connectivity index (χ0v) is 9.58. The molecule has 3 rings (SSSR count). The first-order valence-electron chi connectivity index (χ1n) is 5.94. The Hall–Kier alpha value is -1.86. The van der Waals surface area contributed by atoms with Crippen LogP contribution in [0.5, 0.6) is 0 Å². The number of fused-ring (bicyclic) bond motifs is 1. The zero-order valence-electron chi connectivity index (χ0n) is 9.58. The van der Waals surface area contributed by atoms with Crippen molar-refractivity contribution in [3.63, 3.8) is 0 Å². The second-order valence-electron chi connectivity index (χ2n) is 4.45. The molecule has 0 saturated heterocycles. The molecule has 1 nitrogen and oxygen atoms in total. The molecule has 2 atom stereocenters. The van der Waals surface area contributed by atoms with Crippen molar-refractivity contribution < 1.29 is 0 Å². The van der Waals surface area contributed by atoms with E-state index in [9.17, 15) is 0 Å². The largest absolute Gasteiger partial charge is 0.323 e. The van der Waals surface area contributed by atoms with Gasteiger partial charge in [0.05, 0.1) is 0 Å². The molecule has 0 amide bonds. The molecular weight excluding hydrogens is 206 g/mol. The molecule has 0 aliphatic heterocycles. The molecule has 0 spiro atoms. The average molecular weight is 221 g/mol. The van der Waals surface area contributed by atoms with Gasteiger partial charge < -0.3 is 5.73 Å². The SMILES string of the molecule is N[C@H]1c2ccccc2C=C[C@@H]1c1ccccc1. The Balaban J connectivity index is 2.03. The summed E-state index contributed by atoms with van der Waals surface area (Å²) in [5, 5.41) is 0. The van der Waals surface area contributed by atoms with Crippen LogP contribution in [-0.4, -0.2) is 0 Å². The van der Waals surface area contributed by atoms with Crippen LogP contribution in [0.25, 0.3) is 6.08 Å². The fourth-order valence-corrected chi connectivity index (χ4v) is 2.48. The Morgan fingerprint density at radius 2 is 1.53 bits per heavy atom. The van der Waals surface area contributed by atoms with Gasteiger partial charge in [0, 0.05) is 12.0 Å². The van der Waals surface area contributed by atoms with Crippen LogP contribution in [0.4, 0.5) is 0 Å². The first kappa shape index (κ1) is 10.3. The van der Waals surface area contributed by atoms with Crippen LogP contribution in [0, 0.1) is 0 Å². The van der Waals surface area contributed by atoms with Crippen molar-refractivity contribution in [3.05, 3.63) is 77.4 Å². The highest BCUT2D eigenvalue weighted by Crippen LogP contribution is 2.36. The van der Waals surface area contributed by atoms with Crippen LogP contribution in [-0.2, 0) is 0 Å². The molecule has 0 bridgehead atoms. The Morgan fingerprint density at radius 1 is 0.824 bits per heavy atom. The number of benzene rings is 2. The van der Waals surface area contributed by atoms with Crippen LogP contribution < -0.4 is 5.73 Å². The van der Waals surface area contributed by atoms with E-state index in [-0.39, 0.29) is 12.0 Å². The summed E-state index contributed by atoms with van der Waals surface area (Å²) in [5.74, 6) is 0.283. The second-order valence-corrected chi connectivity index (χ2v) is 4.45. The molecule has 0 heterocycles. The maximum absolute atomic E-state index is 6.37. The highest BCUT2D eigenvalue weighted by molar-refractivity contribution is 5.60. The summed E-state index contributed by atoms with van der Waals surface area (Å²) in [4.78, 5) is 0. The number of rotatable bonds is 1. The molecule has 0 radical (unpaired) electrons. The molecule has 0 aromatic heterocycles. The lowest BCUT2D eigenvalue weighted by molar-refractivity contribution is 0.640. The van der Waals surface area contributed by atoms with E-state index in [0.29, 0.717) is 0 Å². The van der Waals surface area contributed by atoms with E-state index >= 15 is 0 Å². The van der Waals surface area contributed by atoms with Crippen molar-refractivity contribution in [2.24, 2.45) is 5.73 Å². The molecule has 0 unspecified atom stereocenters. The van der Waals surface area contributed by atoms with Gasteiger partial charge >= 0.3 is 0 Å². The van der Waals surface area contributed by atoms with E-state index in [1.165, 1.54) is 16.7 Å². The molecule has 2 N–H and O–H groups in total. The van der Waals surface area contributed by atoms with Gasteiger partial charge in [-0.25, -0.2) is 0 Å². The van der Waals surface area contributed by atoms with Crippen molar-refractivity contribution in [2.75, 3.05) is 0 Å². The fourth-order valence-electron chi connectivity index (χ4n) is 2.48. The lowest BCUT2D eigenvalue weighted by Gasteiger charge is -2.27. The molecule has 17 heavy (non-hydrogen) atoms. The first-order valence-corrected chi connectivity index (χ1v) is 5.94. The molecule has 2 aromatic rings. The van der Waals surface area contributed by atoms with E-state index in [1.807, 2.05) is 6.07 Å². The summed E-state index contributed by atoms with van der Waals surface area (Å²) in [6, 6.07) is 18.9. The summed E-state index contributed by atoms with van der Waals surface area (Å²) < 4.78 is 0. The predicted molar refractivity (Wildman–Crippen MR) is 71.6 cm³/mol. The predicted octanol–water partition coefficient (Wildman–Crippen LogP) is 3.50. The van der Waals surface area contributed by atoms with Crippen molar-refractivity contribution in [3.8, 4) is 0 Å². The van der Waals surface area contributed by atoms with Gasteiger partial charge in [-0.15, -0.1) is 0 Å². The Labute approximate surface area is 102 Å². The lowest BCUT2D eigenvalue weighted by atomic mass is 9.81. The summed E-state index contributed by atoms with van der Waals surface area (Å²) in [7, 11) is 0. The van der Waals surface area contributed by atoms with Gasteiger partial charge in [0.25, 0.3) is 0 Å². The Bertz CT molecular complexity index is 542. The van der Waals surface area contributed by atoms with Gasteiger partial charge in [0.1, 0.15) is 0 Å². The van der Waals surface area contributed by atoms with Gasteiger partial charge in [0.15, 0.2) is 0 Å². The summed E-state index contributed by atoms with van der Waals surface area (Å²) >= 11 is 0. The van der Waals surface area contributed by atoms with Crippen molar-refractivity contribution >= 4 is 6.08 Å². The summed E-state index contributed by atoms with van der Waals surface area (Å²) in [5.41, 5.74) is 10.1. The third-order valence-electron chi connectivity index (χ3n) is 3.41. The van der Waals surface area contributed by atoms with Gasteiger partial charge in [0.2, 0.25) is 0 Å². The maximum atomic E-state index is 6.37. The van der Waals surface area contributed by atoms with Crippen molar-refractivity contribution in [1.82, 2.24) is 0 Å². The van der Waals surface area contributed by atoms with Gasteiger partial charge in [-0.05, 0) is 16.7 Å². The topological polar surface area (TPSA) is 26.0 Å². The fraction of sp³-hybridized carbons (Fsp3) is 0.125.